The monoisotopic (exact) mass is 169 g/mol. The number of rotatable bonds is 2. The second-order valence-electron chi connectivity index (χ2n) is 4.32. The lowest BCUT2D eigenvalue weighted by Crippen LogP contribution is -2.41. The Bertz CT molecular complexity index is 167. The predicted octanol–water partition coefficient (Wildman–Crippen LogP) is 2.82. The highest BCUT2D eigenvalue weighted by atomic mass is 28.3. The van der Waals surface area contributed by atoms with Crippen LogP contribution in [0.2, 0.25) is 19.6 Å². The van der Waals surface area contributed by atoms with E-state index in [1.807, 2.05) is 0 Å². The van der Waals surface area contributed by atoms with Crippen LogP contribution in [0.15, 0.2) is 11.8 Å². The summed E-state index contributed by atoms with van der Waals surface area (Å²) in [6.45, 7) is 7.18. The van der Waals surface area contributed by atoms with Crippen LogP contribution in [-0.2, 0) is 0 Å². The van der Waals surface area contributed by atoms with E-state index in [9.17, 15) is 0 Å². The number of nitrogens with zero attached hydrogens (tertiary/aromatic N) is 1. The normalized spacial score (nSPS) is 18.4. The van der Waals surface area contributed by atoms with Gasteiger partial charge in [-0.3, -0.25) is 0 Å². The van der Waals surface area contributed by atoms with Crippen LogP contribution >= 0.6 is 0 Å². The molecule has 1 aliphatic carbocycles. The van der Waals surface area contributed by atoms with Crippen molar-refractivity contribution in [2.45, 2.75) is 38.9 Å². The molecule has 1 rings (SSSR count). The van der Waals surface area contributed by atoms with Crippen LogP contribution < -0.4 is 0 Å². The minimum atomic E-state index is -1.06. The van der Waals surface area contributed by atoms with Crippen molar-refractivity contribution in [3.8, 4) is 0 Å². The van der Waals surface area contributed by atoms with Crippen molar-refractivity contribution >= 4 is 8.24 Å². The van der Waals surface area contributed by atoms with Gasteiger partial charge in [0.15, 0.2) is 0 Å². The Morgan fingerprint density at radius 3 is 2.36 bits per heavy atom. The SMILES string of the molecule is CN(C1=CCCC1)[Si](C)(C)C. The third-order valence-electron chi connectivity index (χ3n) is 2.45. The van der Waals surface area contributed by atoms with Gasteiger partial charge in [-0.05, 0) is 26.3 Å². The quantitative estimate of drug-likeness (QED) is 0.575. The van der Waals surface area contributed by atoms with E-state index in [0.717, 1.165) is 0 Å². The molecule has 0 heterocycles. The Morgan fingerprint density at radius 2 is 2.00 bits per heavy atom. The van der Waals surface area contributed by atoms with Gasteiger partial charge in [0.2, 0.25) is 0 Å². The van der Waals surface area contributed by atoms with Crippen LogP contribution in [0.1, 0.15) is 19.3 Å². The zero-order valence-electron chi connectivity index (χ0n) is 8.15. The van der Waals surface area contributed by atoms with E-state index in [1.54, 1.807) is 5.70 Å². The number of hydrogen-bond donors (Lipinski definition) is 0. The van der Waals surface area contributed by atoms with E-state index in [2.05, 4.69) is 37.3 Å². The molecule has 0 spiro atoms. The second-order valence-corrected chi connectivity index (χ2v) is 9.33. The summed E-state index contributed by atoms with van der Waals surface area (Å²) in [5.74, 6) is 0. The van der Waals surface area contributed by atoms with Crippen molar-refractivity contribution in [1.29, 1.82) is 0 Å². The molecule has 11 heavy (non-hydrogen) atoms. The Labute approximate surface area is 71.2 Å². The maximum Gasteiger partial charge on any atom is 0.146 e. The highest BCUT2D eigenvalue weighted by Crippen LogP contribution is 2.24. The summed E-state index contributed by atoms with van der Waals surface area (Å²) >= 11 is 0. The van der Waals surface area contributed by atoms with Gasteiger partial charge in [-0.1, -0.05) is 25.7 Å². The molecule has 0 aromatic heterocycles. The zero-order chi connectivity index (χ0) is 8.48. The topological polar surface area (TPSA) is 3.24 Å². The van der Waals surface area contributed by atoms with Gasteiger partial charge in [0.1, 0.15) is 8.24 Å². The maximum atomic E-state index is 2.53. The molecule has 0 N–H and O–H groups in total. The number of hydrogen-bond acceptors (Lipinski definition) is 1. The molecule has 0 aliphatic heterocycles. The van der Waals surface area contributed by atoms with E-state index in [0.29, 0.717) is 0 Å². The molecule has 1 aliphatic rings. The third-order valence-corrected chi connectivity index (χ3v) is 4.75. The Morgan fingerprint density at radius 1 is 1.36 bits per heavy atom. The minimum absolute atomic E-state index is 1.06. The van der Waals surface area contributed by atoms with E-state index in [1.165, 1.54) is 19.3 Å². The van der Waals surface area contributed by atoms with Gasteiger partial charge in [0.25, 0.3) is 0 Å². The summed E-state index contributed by atoms with van der Waals surface area (Å²) in [7, 11) is 1.19. The third kappa shape index (κ3) is 2.09. The van der Waals surface area contributed by atoms with Crippen molar-refractivity contribution in [2.75, 3.05) is 7.05 Å². The maximum absolute atomic E-state index is 2.53. The number of allylic oxidation sites excluding steroid dienone is 2. The van der Waals surface area contributed by atoms with Gasteiger partial charge in [0.05, 0.1) is 0 Å². The molecule has 0 atom stereocenters. The first kappa shape index (κ1) is 8.85. The summed E-state index contributed by atoms with van der Waals surface area (Å²) in [6.07, 6.45) is 6.37. The molecular weight excluding hydrogens is 150 g/mol. The molecule has 0 aromatic carbocycles. The van der Waals surface area contributed by atoms with Gasteiger partial charge in [0, 0.05) is 5.70 Å². The second kappa shape index (κ2) is 3.01. The highest BCUT2D eigenvalue weighted by Gasteiger charge is 2.22. The van der Waals surface area contributed by atoms with Crippen molar-refractivity contribution in [2.24, 2.45) is 0 Å². The van der Waals surface area contributed by atoms with Crippen molar-refractivity contribution in [3.63, 3.8) is 0 Å². The molecule has 0 bridgehead atoms. The largest absolute Gasteiger partial charge is 0.404 e. The lowest BCUT2D eigenvalue weighted by Gasteiger charge is -2.33. The van der Waals surface area contributed by atoms with Crippen molar-refractivity contribution in [1.82, 2.24) is 4.57 Å². The van der Waals surface area contributed by atoms with E-state index >= 15 is 0 Å². The fourth-order valence-corrected chi connectivity index (χ4v) is 2.45. The van der Waals surface area contributed by atoms with Crippen LogP contribution in [0.25, 0.3) is 0 Å². The van der Waals surface area contributed by atoms with Crippen LogP contribution in [0.3, 0.4) is 0 Å². The molecule has 2 heteroatoms. The molecule has 0 radical (unpaired) electrons. The summed E-state index contributed by atoms with van der Waals surface area (Å²) in [6, 6.07) is 0. The molecule has 0 saturated carbocycles. The first-order valence-corrected chi connectivity index (χ1v) is 7.89. The molecule has 64 valence electrons. The fourth-order valence-electron chi connectivity index (χ4n) is 1.39. The molecule has 0 aromatic rings. The Hall–Kier alpha value is -0.243. The van der Waals surface area contributed by atoms with Gasteiger partial charge in [-0.2, -0.15) is 0 Å². The van der Waals surface area contributed by atoms with Crippen LogP contribution in [-0.4, -0.2) is 19.8 Å². The highest BCUT2D eigenvalue weighted by molar-refractivity contribution is 6.73. The standard InChI is InChI=1S/C9H19NSi/c1-10(11(2,3)4)9-7-5-6-8-9/h7H,5-6,8H2,1-4H3. The molecular formula is C9H19NSi. The van der Waals surface area contributed by atoms with Gasteiger partial charge >= 0.3 is 0 Å². The average Bonchev–Trinajstić information content (AvgIpc) is 2.34. The average molecular weight is 169 g/mol. The van der Waals surface area contributed by atoms with E-state index < -0.39 is 8.24 Å². The van der Waals surface area contributed by atoms with Crippen LogP contribution in [0.5, 0.6) is 0 Å². The van der Waals surface area contributed by atoms with E-state index in [-0.39, 0.29) is 0 Å². The molecule has 0 fully saturated rings. The molecule has 0 unspecified atom stereocenters. The molecule has 0 amide bonds. The van der Waals surface area contributed by atoms with Crippen LogP contribution in [0, 0.1) is 0 Å². The van der Waals surface area contributed by atoms with Crippen molar-refractivity contribution < 1.29 is 0 Å². The summed E-state index contributed by atoms with van der Waals surface area (Å²) in [5.41, 5.74) is 1.59. The zero-order valence-corrected chi connectivity index (χ0v) is 9.15. The molecule has 0 saturated heterocycles. The lowest BCUT2D eigenvalue weighted by atomic mass is 10.3. The molecule has 1 nitrogen and oxygen atoms in total. The first-order valence-electron chi connectivity index (χ1n) is 4.44. The lowest BCUT2D eigenvalue weighted by molar-refractivity contribution is 0.603. The summed E-state index contributed by atoms with van der Waals surface area (Å²) < 4.78 is 2.53. The van der Waals surface area contributed by atoms with Gasteiger partial charge in [-0.15, -0.1) is 0 Å². The van der Waals surface area contributed by atoms with Gasteiger partial charge < -0.3 is 4.57 Å². The van der Waals surface area contributed by atoms with E-state index in [4.69, 9.17) is 0 Å². The Balaban J connectivity index is 2.60. The predicted molar refractivity (Wildman–Crippen MR) is 53.0 cm³/mol. The smallest absolute Gasteiger partial charge is 0.146 e. The van der Waals surface area contributed by atoms with Crippen LogP contribution in [0.4, 0.5) is 0 Å². The summed E-state index contributed by atoms with van der Waals surface area (Å²) in [4.78, 5) is 0. The fraction of sp³-hybridized carbons (Fsp3) is 0.778. The minimum Gasteiger partial charge on any atom is -0.404 e. The summed E-state index contributed by atoms with van der Waals surface area (Å²) in [5, 5.41) is 0. The van der Waals surface area contributed by atoms with Gasteiger partial charge in [-0.25, -0.2) is 0 Å². The Kier molecular flexibility index (Phi) is 2.42. The van der Waals surface area contributed by atoms with Crippen molar-refractivity contribution in [3.05, 3.63) is 11.8 Å². The first-order chi connectivity index (χ1) is 5.02.